The molecule has 0 bridgehead atoms. The Morgan fingerprint density at radius 1 is 1.80 bits per heavy atom. The van der Waals surface area contributed by atoms with Gasteiger partial charge in [-0.15, -0.1) is 0 Å². The molecule has 3 heteroatoms. The topological polar surface area (TPSA) is 42.2 Å². The van der Waals surface area contributed by atoms with Crippen LogP contribution in [-0.4, -0.2) is 5.91 Å². The number of hydrogen-bond acceptors (Lipinski definition) is 2. The summed E-state index contributed by atoms with van der Waals surface area (Å²) in [6.07, 6.45) is 1.56. The van der Waals surface area contributed by atoms with E-state index in [1.165, 1.54) is 0 Å². The van der Waals surface area contributed by atoms with Gasteiger partial charge in [-0.05, 0) is 12.1 Å². The number of carbonyl (C=O) groups is 1. The monoisotopic (exact) mass is 138 g/mol. The summed E-state index contributed by atoms with van der Waals surface area (Å²) in [6, 6.07) is 3.56. The standard InChI is InChI=1S/C7H8NO2/c1-6(9)8-5-7-3-2-4-10-7/h2-4H,1,5H2,(H,8,9). The smallest absolute Gasteiger partial charge is 0.220 e. The van der Waals surface area contributed by atoms with Gasteiger partial charge in [-0.1, -0.05) is 0 Å². The van der Waals surface area contributed by atoms with Gasteiger partial charge in [-0.2, -0.15) is 0 Å². The van der Waals surface area contributed by atoms with Crippen molar-refractivity contribution in [2.24, 2.45) is 0 Å². The first-order chi connectivity index (χ1) is 4.79. The lowest BCUT2D eigenvalue weighted by molar-refractivity contribution is -0.117. The zero-order valence-corrected chi connectivity index (χ0v) is 5.46. The molecule has 1 N–H and O–H groups in total. The summed E-state index contributed by atoms with van der Waals surface area (Å²) in [5.41, 5.74) is 0. The molecule has 1 aromatic heterocycles. The van der Waals surface area contributed by atoms with Gasteiger partial charge in [0.1, 0.15) is 5.76 Å². The maximum Gasteiger partial charge on any atom is 0.220 e. The van der Waals surface area contributed by atoms with Crippen LogP contribution in [0.2, 0.25) is 0 Å². The zero-order chi connectivity index (χ0) is 7.40. The molecule has 0 saturated carbocycles. The van der Waals surface area contributed by atoms with Crippen molar-refractivity contribution >= 4 is 5.91 Å². The van der Waals surface area contributed by atoms with E-state index in [0.717, 1.165) is 5.76 Å². The second-order valence-corrected chi connectivity index (χ2v) is 1.86. The Kier molecular flexibility index (Phi) is 2.10. The molecule has 53 valence electrons. The molecule has 0 aromatic carbocycles. The fraction of sp³-hybridized carbons (Fsp3) is 0.143. The van der Waals surface area contributed by atoms with Crippen molar-refractivity contribution in [2.75, 3.05) is 0 Å². The summed E-state index contributed by atoms with van der Waals surface area (Å²) >= 11 is 0. The summed E-state index contributed by atoms with van der Waals surface area (Å²) in [4.78, 5) is 10.3. The third-order valence-corrected chi connectivity index (χ3v) is 1.04. The summed E-state index contributed by atoms with van der Waals surface area (Å²) in [6.45, 7) is 3.56. The van der Waals surface area contributed by atoms with Gasteiger partial charge in [0.15, 0.2) is 0 Å². The molecule has 1 rings (SSSR count). The molecular formula is C7H8NO2. The summed E-state index contributed by atoms with van der Waals surface area (Å²) < 4.78 is 4.94. The molecule has 0 fully saturated rings. The molecule has 1 heterocycles. The predicted octanol–water partition coefficient (Wildman–Crippen LogP) is 0.730. The molecule has 1 amide bonds. The molecule has 3 nitrogen and oxygen atoms in total. The van der Waals surface area contributed by atoms with E-state index in [1.54, 1.807) is 18.4 Å². The molecule has 0 aliphatic heterocycles. The fourth-order valence-electron chi connectivity index (χ4n) is 0.599. The van der Waals surface area contributed by atoms with Crippen molar-refractivity contribution in [3.63, 3.8) is 0 Å². The first-order valence-electron chi connectivity index (χ1n) is 2.91. The minimum atomic E-state index is -0.295. The molecule has 1 radical (unpaired) electrons. The number of rotatable bonds is 2. The van der Waals surface area contributed by atoms with Gasteiger partial charge in [-0.3, -0.25) is 4.79 Å². The highest BCUT2D eigenvalue weighted by Crippen LogP contribution is 1.97. The first-order valence-corrected chi connectivity index (χ1v) is 2.91. The maximum absolute atomic E-state index is 10.3. The number of amides is 1. The van der Waals surface area contributed by atoms with Crippen molar-refractivity contribution in [3.05, 3.63) is 31.1 Å². The maximum atomic E-state index is 10.3. The Morgan fingerprint density at radius 2 is 2.60 bits per heavy atom. The first kappa shape index (κ1) is 6.86. The Hall–Kier alpha value is -1.25. The van der Waals surface area contributed by atoms with Crippen LogP contribution in [0.4, 0.5) is 0 Å². The number of carbonyl (C=O) groups excluding carboxylic acids is 1. The predicted molar refractivity (Wildman–Crippen MR) is 35.9 cm³/mol. The Balaban J connectivity index is 2.35. The van der Waals surface area contributed by atoms with Crippen LogP contribution in [0.25, 0.3) is 0 Å². The molecule has 0 unspecified atom stereocenters. The Bertz CT molecular complexity index is 203. The van der Waals surface area contributed by atoms with Gasteiger partial charge < -0.3 is 9.73 Å². The van der Waals surface area contributed by atoms with E-state index in [4.69, 9.17) is 4.42 Å². The summed E-state index contributed by atoms with van der Waals surface area (Å²) in [5, 5.41) is 2.50. The van der Waals surface area contributed by atoms with Crippen LogP contribution in [-0.2, 0) is 11.3 Å². The highest BCUT2D eigenvalue weighted by molar-refractivity contribution is 5.79. The van der Waals surface area contributed by atoms with Gasteiger partial charge in [0.05, 0.1) is 12.8 Å². The van der Waals surface area contributed by atoms with Gasteiger partial charge in [0.2, 0.25) is 5.91 Å². The van der Waals surface area contributed by atoms with Crippen LogP contribution in [0.15, 0.2) is 22.8 Å². The summed E-state index contributed by atoms with van der Waals surface area (Å²) in [7, 11) is 0. The molecule has 0 spiro atoms. The van der Waals surface area contributed by atoms with E-state index >= 15 is 0 Å². The highest BCUT2D eigenvalue weighted by Gasteiger charge is 1.94. The highest BCUT2D eigenvalue weighted by atomic mass is 16.3. The minimum Gasteiger partial charge on any atom is -0.467 e. The molecule has 0 saturated heterocycles. The molecule has 0 aliphatic carbocycles. The van der Waals surface area contributed by atoms with Crippen LogP contribution in [0.3, 0.4) is 0 Å². The third-order valence-electron chi connectivity index (χ3n) is 1.04. The SMILES string of the molecule is [CH2]C(=O)NCc1ccco1. The van der Waals surface area contributed by atoms with E-state index in [9.17, 15) is 4.79 Å². The molecule has 0 atom stereocenters. The van der Waals surface area contributed by atoms with Crippen molar-refractivity contribution < 1.29 is 9.21 Å². The van der Waals surface area contributed by atoms with Crippen LogP contribution in [0.1, 0.15) is 5.76 Å². The Labute approximate surface area is 59.0 Å². The second kappa shape index (κ2) is 3.06. The van der Waals surface area contributed by atoms with Crippen molar-refractivity contribution in [2.45, 2.75) is 6.54 Å². The van der Waals surface area contributed by atoms with Crippen molar-refractivity contribution in [1.82, 2.24) is 5.32 Å². The average Bonchev–Trinajstić information content (AvgIpc) is 2.34. The van der Waals surface area contributed by atoms with Crippen LogP contribution < -0.4 is 5.32 Å². The van der Waals surface area contributed by atoms with Crippen molar-refractivity contribution in [1.29, 1.82) is 0 Å². The normalized spacial score (nSPS) is 9.30. The lowest BCUT2D eigenvalue weighted by atomic mass is 10.4. The molecule has 0 aliphatic rings. The van der Waals surface area contributed by atoms with E-state index in [-0.39, 0.29) is 5.91 Å². The average molecular weight is 138 g/mol. The Morgan fingerprint density at radius 3 is 3.10 bits per heavy atom. The van der Waals surface area contributed by atoms with Crippen LogP contribution >= 0.6 is 0 Å². The van der Waals surface area contributed by atoms with E-state index < -0.39 is 0 Å². The van der Waals surface area contributed by atoms with Crippen LogP contribution in [0, 0.1) is 6.92 Å². The fourth-order valence-corrected chi connectivity index (χ4v) is 0.599. The lowest BCUT2D eigenvalue weighted by Crippen LogP contribution is -2.18. The van der Waals surface area contributed by atoms with Crippen LogP contribution in [0.5, 0.6) is 0 Å². The number of furan rings is 1. The van der Waals surface area contributed by atoms with E-state index in [1.807, 2.05) is 0 Å². The summed E-state index contributed by atoms with van der Waals surface area (Å²) in [5.74, 6) is 0.438. The quantitative estimate of drug-likeness (QED) is 0.654. The van der Waals surface area contributed by atoms with Gasteiger partial charge in [0.25, 0.3) is 0 Å². The van der Waals surface area contributed by atoms with E-state index in [0.29, 0.717) is 6.54 Å². The molecular weight excluding hydrogens is 130 g/mol. The van der Waals surface area contributed by atoms with E-state index in [2.05, 4.69) is 12.2 Å². The third kappa shape index (κ3) is 1.93. The lowest BCUT2D eigenvalue weighted by Gasteiger charge is -1.95. The molecule has 1 aromatic rings. The number of nitrogens with one attached hydrogen (secondary N) is 1. The zero-order valence-electron chi connectivity index (χ0n) is 5.46. The van der Waals surface area contributed by atoms with Crippen molar-refractivity contribution in [3.8, 4) is 0 Å². The molecule has 10 heavy (non-hydrogen) atoms. The largest absolute Gasteiger partial charge is 0.467 e. The second-order valence-electron chi connectivity index (χ2n) is 1.86. The van der Waals surface area contributed by atoms with Gasteiger partial charge in [-0.25, -0.2) is 0 Å². The minimum absolute atomic E-state index is 0.295. The number of hydrogen-bond donors (Lipinski definition) is 1. The van der Waals surface area contributed by atoms with Gasteiger partial charge >= 0.3 is 0 Å². The van der Waals surface area contributed by atoms with Gasteiger partial charge in [0, 0.05) is 6.92 Å².